The standard InChI is InChI=1S/C21H23NOS2/c1-20(2)9-13-10-21(3,11-20)12-22(13)19(23)17-8-16-18(25-17)14-6-4-5-7-15(14)24-16/h4-8,13H,9-12H2,1-3H3/t13-,21+/m1/s1. The SMILES string of the molecule is CC1(C)C[C@@H]2C[C@](C)(CN2C(=O)c2cc3sc4ccccc4c3s2)C1. The molecule has 4 heteroatoms. The maximum Gasteiger partial charge on any atom is 0.264 e. The first-order valence-corrected chi connectivity index (χ1v) is 10.7. The normalized spacial score (nSPS) is 28.1. The van der Waals surface area contributed by atoms with E-state index in [1.54, 1.807) is 22.7 Å². The topological polar surface area (TPSA) is 20.3 Å². The molecule has 1 aliphatic heterocycles. The average molecular weight is 370 g/mol. The maximum atomic E-state index is 13.3. The Morgan fingerprint density at radius 2 is 1.92 bits per heavy atom. The largest absolute Gasteiger partial charge is 0.334 e. The van der Waals surface area contributed by atoms with Crippen LogP contribution in [0.5, 0.6) is 0 Å². The second kappa shape index (κ2) is 5.08. The van der Waals surface area contributed by atoms with Gasteiger partial charge in [0, 0.05) is 27.4 Å². The van der Waals surface area contributed by atoms with Gasteiger partial charge in [-0.2, -0.15) is 0 Å². The Bertz CT molecular complexity index is 998. The van der Waals surface area contributed by atoms with Crippen LogP contribution < -0.4 is 0 Å². The van der Waals surface area contributed by atoms with E-state index in [1.165, 1.54) is 32.3 Å². The maximum absolute atomic E-state index is 13.3. The summed E-state index contributed by atoms with van der Waals surface area (Å²) in [7, 11) is 0. The van der Waals surface area contributed by atoms with Crippen molar-refractivity contribution in [1.29, 1.82) is 0 Å². The predicted octanol–water partition coefficient (Wildman–Crippen LogP) is 6.16. The quantitative estimate of drug-likeness (QED) is 0.503. The minimum Gasteiger partial charge on any atom is -0.334 e. The van der Waals surface area contributed by atoms with Gasteiger partial charge in [0.25, 0.3) is 5.91 Å². The van der Waals surface area contributed by atoms with Gasteiger partial charge in [0.15, 0.2) is 0 Å². The van der Waals surface area contributed by atoms with E-state index < -0.39 is 0 Å². The van der Waals surface area contributed by atoms with Crippen molar-refractivity contribution in [3.63, 3.8) is 0 Å². The first-order valence-electron chi connectivity index (χ1n) is 9.06. The highest BCUT2D eigenvalue weighted by molar-refractivity contribution is 7.33. The number of amides is 1. The molecule has 2 aliphatic rings. The van der Waals surface area contributed by atoms with Gasteiger partial charge in [-0.05, 0) is 42.2 Å². The van der Waals surface area contributed by atoms with Gasteiger partial charge in [-0.3, -0.25) is 4.79 Å². The summed E-state index contributed by atoms with van der Waals surface area (Å²) in [4.78, 5) is 16.4. The number of carbonyl (C=O) groups excluding carboxylic acids is 1. The van der Waals surface area contributed by atoms with Crippen LogP contribution >= 0.6 is 22.7 Å². The molecule has 2 aromatic heterocycles. The van der Waals surface area contributed by atoms with Crippen LogP contribution in [0.4, 0.5) is 0 Å². The van der Waals surface area contributed by atoms with Crippen molar-refractivity contribution >= 4 is 48.1 Å². The Hall–Kier alpha value is -1.39. The van der Waals surface area contributed by atoms with Crippen LogP contribution in [0, 0.1) is 10.8 Å². The van der Waals surface area contributed by atoms with Crippen LogP contribution in [0.15, 0.2) is 30.3 Å². The molecule has 1 amide bonds. The third-order valence-corrected chi connectivity index (χ3v) is 8.34. The van der Waals surface area contributed by atoms with Crippen molar-refractivity contribution in [3.8, 4) is 0 Å². The Labute approximate surface area is 156 Å². The van der Waals surface area contributed by atoms with Gasteiger partial charge in [-0.15, -0.1) is 22.7 Å². The molecule has 2 fully saturated rings. The van der Waals surface area contributed by atoms with Gasteiger partial charge < -0.3 is 4.90 Å². The fourth-order valence-electron chi connectivity index (χ4n) is 5.44. The molecular formula is C21H23NOS2. The van der Waals surface area contributed by atoms with E-state index in [1.807, 2.05) is 0 Å². The molecule has 1 saturated carbocycles. The van der Waals surface area contributed by atoms with Crippen molar-refractivity contribution < 1.29 is 4.79 Å². The van der Waals surface area contributed by atoms with E-state index in [2.05, 4.69) is 56.0 Å². The molecule has 3 aromatic rings. The zero-order valence-electron chi connectivity index (χ0n) is 15.0. The fourth-order valence-corrected chi connectivity index (χ4v) is 7.92. The van der Waals surface area contributed by atoms with Crippen molar-refractivity contribution in [2.45, 2.75) is 46.1 Å². The van der Waals surface area contributed by atoms with E-state index in [4.69, 9.17) is 0 Å². The lowest BCUT2D eigenvalue weighted by atomic mass is 9.65. The van der Waals surface area contributed by atoms with Crippen molar-refractivity contribution in [2.75, 3.05) is 6.54 Å². The van der Waals surface area contributed by atoms with Crippen LogP contribution in [-0.2, 0) is 0 Å². The Balaban J connectivity index is 1.51. The summed E-state index contributed by atoms with van der Waals surface area (Å²) in [6.45, 7) is 8.01. The van der Waals surface area contributed by atoms with Crippen molar-refractivity contribution in [1.82, 2.24) is 4.90 Å². The molecule has 1 aliphatic carbocycles. The van der Waals surface area contributed by atoms with Crippen LogP contribution in [0.1, 0.15) is 49.7 Å². The lowest BCUT2D eigenvalue weighted by molar-refractivity contribution is 0.0713. The third-order valence-electron chi connectivity index (χ3n) is 5.94. The molecule has 5 rings (SSSR count). The Morgan fingerprint density at radius 3 is 2.76 bits per heavy atom. The summed E-state index contributed by atoms with van der Waals surface area (Å²) in [5.41, 5.74) is 0.641. The van der Waals surface area contributed by atoms with Gasteiger partial charge >= 0.3 is 0 Å². The van der Waals surface area contributed by atoms with E-state index in [9.17, 15) is 4.79 Å². The van der Waals surface area contributed by atoms with Gasteiger partial charge in [0.2, 0.25) is 0 Å². The number of rotatable bonds is 1. The van der Waals surface area contributed by atoms with Gasteiger partial charge in [-0.1, -0.05) is 39.0 Å². The highest BCUT2D eigenvalue weighted by Crippen LogP contribution is 2.53. The van der Waals surface area contributed by atoms with E-state index >= 15 is 0 Å². The molecule has 1 saturated heterocycles. The number of carbonyl (C=O) groups is 1. The van der Waals surface area contributed by atoms with Crippen molar-refractivity contribution in [3.05, 3.63) is 35.2 Å². The number of benzene rings is 1. The highest BCUT2D eigenvalue weighted by Gasteiger charge is 2.51. The fraction of sp³-hybridized carbons (Fsp3) is 0.476. The molecule has 2 bridgehead atoms. The molecule has 2 nitrogen and oxygen atoms in total. The molecule has 0 unspecified atom stereocenters. The molecular weight excluding hydrogens is 346 g/mol. The van der Waals surface area contributed by atoms with Gasteiger partial charge in [0.1, 0.15) is 0 Å². The van der Waals surface area contributed by atoms with Gasteiger partial charge in [-0.25, -0.2) is 0 Å². The smallest absolute Gasteiger partial charge is 0.264 e. The molecule has 130 valence electrons. The zero-order valence-corrected chi connectivity index (χ0v) is 16.6. The molecule has 0 radical (unpaired) electrons. The van der Waals surface area contributed by atoms with Gasteiger partial charge in [0.05, 0.1) is 9.58 Å². The first kappa shape index (κ1) is 15.8. The van der Waals surface area contributed by atoms with Crippen LogP contribution in [-0.4, -0.2) is 23.4 Å². The van der Waals surface area contributed by atoms with E-state index in [-0.39, 0.29) is 5.91 Å². The number of nitrogens with zero attached hydrogens (tertiary/aromatic N) is 1. The van der Waals surface area contributed by atoms with Crippen LogP contribution in [0.3, 0.4) is 0 Å². The minimum atomic E-state index is 0.254. The summed E-state index contributed by atoms with van der Waals surface area (Å²) in [5.74, 6) is 0.254. The third kappa shape index (κ3) is 2.45. The Kier molecular flexibility index (Phi) is 3.21. The summed E-state index contributed by atoms with van der Waals surface area (Å²) in [6.07, 6.45) is 3.53. The van der Waals surface area contributed by atoms with Crippen molar-refractivity contribution in [2.24, 2.45) is 10.8 Å². The van der Waals surface area contributed by atoms with Crippen LogP contribution in [0.2, 0.25) is 0 Å². The molecule has 2 atom stereocenters. The summed E-state index contributed by atoms with van der Waals surface area (Å²) in [6, 6.07) is 11.1. The molecule has 25 heavy (non-hydrogen) atoms. The minimum absolute atomic E-state index is 0.254. The first-order chi connectivity index (χ1) is 11.8. The zero-order chi connectivity index (χ0) is 17.4. The number of hydrogen-bond donors (Lipinski definition) is 0. The van der Waals surface area contributed by atoms with E-state index in [0.717, 1.165) is 17.8 Å². The highest BCUT2D eigenvalue weighted by atomic mass is 32.1. The monoisotopic (exact) mass is 369 g/mol. The summed E-state index contributed by atoms with van der Waals surface area (Å²) >= 11 is 3.48. The molecule has 1 aromatic carbocycles. The number of fused-ring (bicyclic) bond motifs is 5. The number of likely N-dealkylation sites (tertiary alicyclic amines) is 1. The lowest BCUT2D eigenvalue weighted by Gasteiger charge is -2.39. The molecule has 0 spiro atoms. The second-order valence-corrected chi connectivity index (χ2v) is 11.2. The molecule has 0 N–H and O–H groups in total. The number of hydrogen-bond acceptors (Lipinski definition) is 3. The predicted molar refractivity (Wildman–Crippen MR) is 108 cm³/mol. The van der Waals surface area contributed by atoms with Crippen LogP contribution in [0.25, 0.3) is 19.5 Å². The summed E-state index contributed by atoms with van der Waals surface area (Å²) < 4.78 is 3.84. The Morgan fingerprint density at radius 1 is 1.12 bits per heavy atom. The summed E-state index contributed by atoms with van der Waals surface area (Å²) in [5, 5.41) is 1.29. The number of thiophene rings is 2. The second-order valence-electron chi connectivity index (χ2n) is 9.05. The molecule has 3 heterocycles. The average Bonchev–Trinajstić information content (AvgIpc) is 3.14. The lowest BCUT2D eigenvalue weighted by Crippen LogP contribution is -2.37. The van der Waals surface area contributed by atoms with E-state index in [0.29, 0.717) is 16.9 Å².